The smallest absolute Gasteiger partial charge is 0.322 e. The Bertz CT molecular complexity index is 1060. The molecule has 2 N–H and O–H groups in total. The zero-order valence-corrected chi connectivity index (χ0v) is 18.0. The molecular weight excluding hydrogens is 394 g/mol. The van der Waals surface area contributed by atoms with E-state index in [0.717, 1.165) is 29.7 Å². The maximum Gasteiger partial charge on any atom is 0.322 e. The lowest BCUT2D eigenvalue weighted by molar-refractivity contribution is 0.204. The number of aromatic nitrogens is 2. The zero-order chi connectivity index (χ0) is 21.8. The van der Waals surface area contributed by atoms with E-state index in [9.17, 15) is 4.79 Å². The predicted molar refractivity (Wildman–Crippen MR) is 121 cm³/mol. The molecule has 1 aliphatic carbocycles. The molecule has 4 rings (SSSR count). The lowest BCUT2D eigenvalue weighted by Gasteiger charge is -2.24. The van der Waals surface area contributed by atoms with Gasteiger partial charge in [-0.25, -0.2) is 9.78 Å². The van der Waals surface area contributed by atoms with Crippen LogP contribution in [0.25, 0.3) is 11.0 Å². The van der Waals surface area contributed by atoms with E-state index in [1.165, 1.54) is 12.8 Å². The molecule has 1 aromatic carbocycles. The summed E-state index contributed by atoms with van der Waals surface area (Å²) in [6.07, 6.45) is 6.21. The number of hydrogen-bond donors (Lipinski definition) is 2. The van der Waals surface area contributed by atoms with Crippen LogP contribution in [0.2, 0.25) is 0 Å². The number of nitrogens with one attached hydrogen (secondary N) is 2. The minimum Gasteiger partial charge on any atom is -0.497 e. The SMILES string of the molecule is COc1cc(Nc2cnc3ccc(NC(=O)N(C)C4CCCC4)nc3c2)cc(OC)c1. The number of urea groups is 1. The predicted octanol–water partition coefficient (Wildman–Crippen LogP) is 4.80. The molecule has 31 heavy (non-hydrogen) atoms. The second-order valence-electron chi connectivity index (χ2n) is 7.66. The highest BCUT2D eigenvalue weighted by Gasteiger charge is 2.23. The average Bonchev–Trinajstić information content (AvgIpc) is 3.33. The standard InChI is InChI=1S/C23H27N5O3/c1-28(17-6-4-5-7-17)23(29)27-22-9-8-20-21(26-22)12-16(14-24-20)25-15-10-18(30-2)13-19(11-15)31-3/h8-14,17,25H,4-7H2,1-3H3,(H,26,27,29). The summed E-state index contributed by atoms with van der Waals surface area (Å²) < 4.78 is 10.6. The number of hydrogen-bond acceptors (Lipinski definition) is 6. The fourth-order valence-electron chi connectivity index (χ4n) is 3.85. The molecular formula is C23H27N5O3. The van der Waals surface area contributed by atoms with E-state index < -0.39 is 0 Å². The summed E-state index contributed by atoms with van der Waals surface area (Å²) in [5, 5.41) is 6.21. The van der Waals surface area contributed by atoms with Crippen LogP contribution in [0.5, 0.6) is 11.5 Å². The van der Waals surface area contributed by atoms with Crippen molar-refractivity contribution in [2.45, 2.75) is 31.7 Å². The van der Waals surface area contributed by atoms with Gasteiger partial charge in [0.2, 0.25) is 0 Å². The third-order valence-corrected chi connectivity index (χ3v) is 5.61. The Hall–Kier alpha value is -3.55. The van der Waals surface area contributed by atoms with Crippen molar-refractivity contribution < 1.29 is 14.3 Å². The Kier molecular flexibility index (Phi) is 6.06. The van der Waals surface area contributed by atoms with Gasteiger partial charge >= 0.3 is 6.03 Å². The van der Waals surface area contributed by atoms with Crippen LogP contribution >= 0.6 is 0 Å². The second-order valence-corrected chi connectivity index (χ2v) is 7.66. The molecule has 1 aliphatic rings. The molecule has 0 radical (unpaired) electrons. The van der Waals surface area contributed by atoms with Crippen LogP contribution in [0.4, 0.5) is 22.0 Å². The molecule has 3 aromatic rings. The summed E-state index contributed by atoms with van der Waals surface area (Å²) in [6.45, 7) is 0. The third kappa shape index (κ3) is 4.79. The lowest BCUT2D eigenvalue weighted by atomic mass is 10.2. The van der Waals surface area contributed by atoms with Crippen LogP contribution in [0, 0.1) is 0 Å². The lowest BCUT2D eigenvalue weighted by Crippen LogP contribution is -2.38. The number of anilines is 3. The van der Waals surface area contributed by atoms with Crippen molar-refractivity contribution in [1.82, 2.24) is 14.9 Å². The fourth-order valence-corrected chi connectivity index (χ4v) is 3.85. The number of nitrogens with zero attached hydrogens (tertiary/aromatic N) is 3. The van der Waals surface area contributed by atoms with Gasteiger partial charge in [-0.1, -0.05) is 12.8 Å². The maximum absolute atomic E-state index is 12.6. The molecule has 162 valence electrons. The van der Waals surface area contributed by atoms with Gasteiger partial charge < -0.3 is 19.7 Å². The Balaban J connectivity index is 1.52. The number of rotatable bonds is 6. The van der Waals surface area contributed by atoms with Gasteiger partial charge in [-0.15, -0.1) is 0 Å². The van der Waals surface area contributed by atoms with E-state index in [1.54, 1.807) is 31.4 Å². The van der Waals surface area contributed by atoms with Crippen LogP contribution in [-0.4, -0.2) is 48.2 Å². The highest BCUT2D eigenvalue weighted by molar-refractivity contribution is 5.90. The first-order valence-electron chi connectivity index (χ1n) is 10.4. The van der Waals surface area contributed by atoms with Gasteiger partial charge in [0.15, 0.2) is 0 Å². The summed E-state index contributed by atoms with van der Waals surface area (Å²) in [7, 11) is 5.07. The number of carbonyl (C=O) groups is 1. The molecule has 8 nitrogen and oxygen atoms in total. The summed E-state index contributed by atoms with van der Waals surface area (Å²) in [5.41, 5.74) is 3.00. The molecule has 0 bridgehead atoms. The minimum absolute atomic E-state index is 0.135. The van der Waals surface area contributed by atoms with Gasteiger partial charge in [-0.05, 0) is 31.0 Å². The number of ether oxygens (including phenoxy) is 2. The Morgan fingerprint density at radius 3 is 2.39 bits per heavy atom. The Morgan fingerprint density at radius 2 is 1.71 bits per heavy atom. The number of amides is 2. The molecule has 0 saturated heterocycles. The molecule has 2 amide bonds. The number of methoxy groups -OCH3 is 2. The quantitative estimate of drug-likeness (QED) is 0.595. The summed E-state index contributed by atoms with van der Waals surface area (Å²) in [6, 6.07) is 11.2. The van der Waals surface area contributed by atoms with Crippen LogP contribution in [0.1, 0.15) is 25.7 Å². The summed E-state index contributed by atoms with van der Waals surface area (Å²) in [5.74, 6) is 1.87. The molecule has 0 atom stereocenters. The molecule has 0 spiro atoms. The van der Waals surface area contributed by atoms with Crippen molar-refractivity contribution in [1.29, 1.82) is 0 Å². The van der Waals surface area contributed by atoms with Crippen molar-refractivity contribution in [2.75, 3.05) is 31.9 Å². The number of pyridine rings is 2. The van der Waals surface area contributed by atoms with E-state index in [-0.39, 0.29) is 6.03 Å². The van der Waals surface area contributed by atoms with Crippen LogP contribution in [0.3, 0.4) is 0 Å². The first-order valence-corrected chi connectivity index (χ1v) is 10.4. The average molecular weight is 422 g/mol. The first-order chi connectivity index (χ1) is 15.1. The van der Waals surface area contributed by atoms with Crippen molar-refractivity contribution >= 4 is 34.3 Å². The van der Waals surface area contributed by atoms with Gasteiger partial charge in [-0.2, -0.15) is 0 Å². The Labute approximate surface area is 181 Å². The van der Waals surface area contributed by atoms with E-state index in [4.69, 9.17) is 9.47 Å². The van der Waals surface area contributed by atoms with Gasteiger partial charge in [0.05, 0.1) is 37.1 Å². The van der Waals surface area contributed by atoms with E-state index in [2.05, 4.69) is 20.6 Å². The van der Waals surface area contributed by atoms with Crippen molar-refractivity contribution in [2.24, 2.45) is 0 Å². The second kappa shape index (κ2) is 9.07. The van der Waals surface area contributed by atoms with E-state index in [0.29, 0.717) is 28.9 Å². The molecule has 8 heteroatoms. The molecule has 1 fully saturated rings. The zero-order valence-electron chi connectivity index (χ0n) is 18.0. The molecule has 2 heterocycles. The Morgan fingerprint density at radius 1 is 1.00 bits per heavy atom. The van der Waals surface area contributed by atoms with Gasteiger partial charge in [0.1, 0.15) is 17.3 Å². The molecule has 0 unspecified atom stereocenters. The summed E-state index contributed by atoms with van der Waals surface area (Å²) in [4.78, 5) is 23.4. The highest BCUT2D eigenvalue weighted by atomic mass is 16.5. The largest absolute Gasteiger partial charge is 0.497 e. The molecule has 1 saturated carbocycles. The van der Waals surface area contributed by atoms with Crippen molar-refractivity contribution in [3.05, 3.63) is 42.6 Å². The number of fused-ring (bicyclic) bond motifs is 1. The van der Waals surface area contributed by atoms with Gasteiger partial charge in [0.25, 0.3) is 0 Å². The van der Waals surface area contributed by atoms with Crippen molar-refractivity contribution in [3.8, 4) is 11.5 Å². The van der Waals surface area contributed by atoms with Crippen LogP contribution in [0.15, 0.2) is 42.6 Å². The minimum atomic E-state index is -0.135. The molecule has 0 aliphatic heterocycles. The normalized spacial score (nSPS) is 13.8. The maximum atomic E-state index is 12.6. The van der Waals surface area contributed by atoms with Gasteiger partial charge in [-0.3, -0.25) is 10.3 Å². The van der Waals surface area contributed by atoms with E-state index >= 15 is 0 Å². The van der Waals surface area contributed by atoms with E-state index in [1.807, 2.05) is 37.4 Å². The van der Waals surface area contributed by atoms with Crippen molar-refractivity contribution in [3.63, 3.8) is 0 Å². The first kappa shape index (κ1) is 20.7. The summed E-state index contributed by atoms with van der Waals surface area (Å²) >= 11 is 0. The topological polar surface area (TPSA) is 88.6 Å². The van der Waals surface area contributed by atoms with Crippen LogP contribution in [-0.2, 0) is 0 Å². The number of benzene rings is 1. The number of carbonyl (C=O) groups excluding carboxylic acids is 1. The monoisotopic (exact) mass is 421 g/mol. The van der Waals surface area contributed by atoms with Crippen LogP contribution < -0.4 is 20.1 Å². The fraction of sp³-hybridized carbons (Fsp3) is 0.348. The molecule has 2 aromatic heterocycles. The van der Waals surface area contributed by atoms with Gasteiger partial charge in [0, 0.05) is 37.0 Å². The third-order valence-electron chi connectivity index (χ3n) is 5.61. The highest BCUT2D eigenvalue weighted by Crippen LogP contribution is 2.29.